The molecule has 22 heteroatoms. The Kier molecular flexibility index (Phi) is 13.1. The summed E-state index contributed by atoms with van der Waals surface area (Å²) in [5.41, 5.74) is 0.810. The Hall–Kier alpha value is -8.56. The smallest absolute Gasteiger partial charge is 0.371 e. The highest BCUT2D eigenvalue weighted by Gasteiger charge is 2.35. The van der Waals surface area contributed by atoms with E-state index in [1.165, 1.54) is 59.0 Å². The van der Waals surface area contributed by atoms with Crippen LogP contribution in [0.4, 0.5) is 17.6 Å². The lowest BCUT2D eigenvalue weighted by Crippen LogP contribution is -2.28. The number of carbonyl (C=O) groups is 5. The third kappa shape index (κ3) is 8.57. The number of nitrogens with zero attached hydrogens (tertiary/aromatic N) is 3. The molecule has 1 aliphatic carbocycles. The van der Waals surface area contributed by atoms with E-state index in [-0.39, 0.29) is 39.7 Å². The normalized spacial score (nSPS) is 11.7. The SMILES string of the molecule is COc1c2cnccc2c(OC)c2oc(C(=O)NCC(F)F)cc12.COc1c2cnccc2c(OC)c2oc(C(=O)O)cc12.O=C(NCC(F)F)c1cc2c(o1)C(=O)c1ccncc1C2=O. The van der Waals surface area contributed by atoms with Gasteiger partial charge in [0.2, 0.25) is 11.5 Å². The number of hydrogen-bond acceptors (Lipinski definition) is 15. The van der Waals surface area contributed by atoms with Crippen molar-refractivity contribution in [3.8, 4) is 23.0 Å². The topological polar surface area (TPSA) is 245 Å². The van der Waals surface area contributed by atoms with E-state index in [0.717, 1.165) is 16.8 Å². The van der Waals surface area contributed by atoms with Crippen molar-refractivity contribution in [3.63, 3.8) is 0 Å². The second-order valence-electron chi connectivity index (χ2n) is 13.6. The number of nitrogens with one attached hydrogen (secondary N) is 2. The first kappa shape index (κ1) is 45.5. The van der Waals surface area contributed by atoms with Crippen LogP contribution in [0.3, 0.4) is 0 Å². The molecule has 2 aromatic carbocycles. The summed E-state index contributed by atoms with van der Waals surface area (Å²) < 4.78 is 86.3. The molecule has 0 radical (unpaired) electrons. The van der Waals surface area contributed by atoms with Crippen LogP contribution in [0.2, 0.25) is 0 Å². The number of aromatic nitrogens is 3. The Morgan fingerprint density at radius 1 is 0.561 bits per heavy atom. The van der Waals surface area contributed by atoms with Crippen molar-refractivity contribution in [1.29, 1.82) is 0 Å². The minimum absolute atomic E-state index is 0.0762. The van der Waals surface area contributed by atoms with Crippen LogP contribution in [0.5, 0.6) is 23.0 Å². The number of pyridine rings is 3. The van der Waals surface area contributed by atoms with Crippen molar-refractivity contribution >= 4 is 72.8 Å². The largest absolute Gasteiger partial charge is 0.495 e. The third-order valence-electron chi connectivity index (χ3n) is 9.79. The summed E-state index contributed by atoms with van der Waals surface area (Å²) in [6.07, 6.45) is 3.72. The first-order valence-corrected chi connectivity index (χ1v) is 19.1. The summed E-state index contributed by atoms with van der Waals surface area (Å²) in [5.74, 6) is -2.92. The zero-order chi connectivity index (χ0) is 47.4. The highest BCUT2D eigenvalue weighted by molar-refractivity contribution is 6.27. The number of halogens is 4. The number of aromatic carboxylic acids is 1. The molecule has 0 aliphatic heterocycles. The van der Waals surface area contributed by atoms with Gasteiger partial charge in [0, 0.05) is 82.5 Å². The molecule has 66 heavy (non-hydrogen) atoms. The lowest BCUT2D eigenvalue weighted by Gasteiger charge is -2.11. The second kappa shape index (κ2) is 19.0. The van der Waals surface area contributed by atoms with Crippen LogP contribution in [-0.2, 0) is 0 Å². The van der Waals surface area contributed by atoms with Crippen LogP contribution < -0.4 is 29.6 Å². The van der Waals surface area contributed by atoms with Gasteiger partial charge in [-0.15, -0.1) is 0 Å². The van der Waals surface area contributed by atoms with Crippen molar-refractivity contribution in [2.24, 2.45) is 0 Å². The average Bonchev–Trinajstić information content (AvgIpc) is 4.09. The van der Waals surface area contributed by atoms with E-state index in [0.29, 0.717) is 55.7 Å². The molecule has 340 valence electrons. The number of ketones is 2. The van der Waals surface area contributed by atoms with Crippen molar-refractivity contribution in [2.75, 3.05) is 41.5 Å². The number of hydrogen-bond donors (Lipinski definition) is 3. The lowest BCUT2D eigenvalue weighted by atomic mass is 9.90. The van der Waals surface area contributed by atoms with Gasteiger partial charge in [-0.2, -0.15) is 0 Å². The molecule has 0 unspecified atom stereocenters. The van der Waals surface area contributed by atoms with E-state index in [1.807, 2.05) is 5.32 Å². The van der Waals surface area contributed by atoms with Gasteiger partial charge in [-0.05, 0) is 18.2 Å². The first-order valence-electron chi connectivity index (χ1n) is 19.1. The highest BCUT2D eigenvalue weighted by atomic mass is 19.3. The van der Waals surface area contributed by atoms with Gasteiger partial charge in [0.05, 0.1) is 63.4 Å². The van der Waals surface area contributed by atoms with Crippen molar-refractivity contribution in [1.82, 2.24) is 25.6 Å². The van der Waals surface area contributed by atoms with Crippen LogP contribution >= 0.6 is 0 Å². The zero-order valence-electron chi connectivity index (χ0n) is 34.7. The first-order chi connectivity index (χ1) is 31.7. The van der Waals surface area contributed by atoms with E-state index >= 15 is 0 Å². The quantitative estimate of drug-likeness (QED) is 0.109. The summed E-state index contributed by atoms with van der Waals surface area (Å²) >= 11 is 0. The number of amides is 2. The fourth-order valence-electron chi connectivity index (χ4n) is 7.00. The Balaban J connectivity index is 0.000000148. The van der Waals surface area contributed by atoms with Gasteiger partial charge in [-0.1, -0.05) is 0 Å². The van der Waals surface area contributed by atoms with Crippen LogP contribution in [0.15, 0.2) is 86.8 Å². The average molecular weight is 916 g/mol. The maximum Gasteiger partial charge on any atom is 0.371 e. The van der Waals surface area contributed by atoms with Gasteiger partial charge in [0.15, 0.2) is 45.7 Å². The van der Waals surface area contributed by atoms with Crippen LogP contribution in [-0.4, -0.2) is 104 Å². The van der Waals surface area contributed by atoms with Crippen molar-refractivity contribution in [3.05, 3.63) is 113 Å². The van der Waals surface area contributed by atoms with Crippen LogP contribution in [0.1, 0.15) is 63.7 Å². The predicted octanol–water partition coefficient (Wildman–Crippen LogP) is 7.13. The van der Waals surface area contributed by atoms with Gasteiger partial charge in [0.1, 0.15) is 11.5 Å². The van der Waals surface area contributed by atoms with E-state index in [9.17, 15) is 41.5 Å². The zero-order valence-corrected chi connectivity index (χ0v) is 34.7. The Morgan fingerprint density at radius 2 is 1.02 bits per heavy atom. The molecule has 2 amide bonds. The van der Waals surface area contributed by atoms with Crippen LogP contribution in [0.25, 0.3) is 43.5 Å². The molecule has 18 nitrogen and oxygen atoms in total. The van der Waals surface area contributed by atoms with Crippen molar-refractivity contribution < 1.29 is 78.8 Å². The van der Waals surface area contributed by atoms with Gasteiger partial charge in [-0.3, -0.25) is 34.1 Å². The maximum absolute atomic E-state index is 12.3. The van der Waals surface area contributed by atoms with Gasteiger partial charge in [-0.25, -0.2) is 22.4 Å². The number of ether oxygens (including phenoxy) is 4. The molecule has 6 aromatic heterocycles. The molecular formula is C44H33F4N5O13. The molecule has 1 aliphatic rings. The standard InChI is InChI=1S/C16H14F2N2O4.C14H8F2N2O4.C14H11NO5/c1-22-13-9-5-11(16(21)20-7-12(17)18)24-15(9)14(23-2)8-3-4-19-6-10(8)13;15-10(16)5-18-14(21)9-3-7-11(19)8-4-17-2-1-6(8)12(20)13(7)22-9;1-18-11-8-5-10(14(16)17)20-13(8)12(19-2)7-3-4-15-6-9(7)11/h3-6,12H,7H2,1-2H3,(H,20,21);1-4,10H,5H2,(H,18,21);3-6H,1-2H3,(H,16,17). The van der Waals surface area contributed by atoms with Gasteiger partial charge >= 0.3 is 5.97 Å². The second-order valence-corrected chi connectivity index (χ2v) is 13.6. The van der Waals surface area contributed by atoms with Crippen LogP contribution in [0, 0.1) is 0 Å². The number of carboxylic acids is 1. The Labute approximate surface area is 367 Å². The summed E-state index contributed by atoms with van der Waals surface area (Å²) in [4.78, 5) is 71.1. The number of carbonyl (C=O) groups excluding carboxylic acids is 4. The van der Waals surface area contributed by atoms with Gasteiger partial charge < -0.3 is 47.9 Å². The number of benzene rings is 2. The van der Waals surface area contributed by atoms with E-state index in [1.54, 1.807) is 36.9 Å². The number of methoxy groups -OCH3 is 4. The molecular weight excluding hydrogens is 882 g/mol. The maximum atomic E-state index is 12.3. The molecule has 0 atom stereocenters. The van der Waals surface area contributed by atoms with E-state index in [4.69, 9.17) is 37.3 Å². The summed E-state index contributed by atoms with van der Waals surface area (Å²) in [5, 5.41) is 17.0. The summed E-state index contributed by atoms with van der Waals surface area (Å²) in [7, 11) is 5.97. The molecule has 0 saturated heterocycles. The number of fused-ring (bicyclic) bond motifs is 6. The molecule has 6 heterocycles. The molecule has 0 saturated carbocycles. The summed E-state index contributed by atoms with van der Waals surface area (Å²) in [6.45, 7) is -1.60. The van der Waals surface area contributed by atoms with Crippen molar-refractivity contribution in [2.45, 2.75) is 12.9 Å². The molecule has 8 aromatic rings. The Morgan fingerprint density at radius 3 is 1.50 bits per heavy atom. The van der Waals surface area contributed by atoms with E-state index in [2.05, 4.69) is 20.3 Å². The Bertz CT molecular complexity index is 3030. The molecule has 0 spiro atoms. The number of alkyl halides is 4. The number of furan rings is 3. The van der Waals surface area contributed by atoms with E-state index < -0.39 is 55.3 Å². The predicted molar refractivity (Wildman–Crippen MR) is 223 cm³/mol. The fourth-order valence-corrected chi connectivity index (χ4v) is 7.00. The number of rotatable bonds is 11. The number of carboxylic acid groups (broad SMARTS) is 1. The fraction of sp³-hybridized carbons (Fsp3) is 0.182. The lowest BCUT2D eigenvalue weighted by molar-refractivity contribution is 0.0664. The molecule has 9 rings (SSSR count). The third-order valence-corrected chi connectivity index (χ3v) is 9.79. The molecule has 0 bridgehead atoms. The monoisotopic (exact) mass is 915 g/mol. The van der Waals surface area contributed by atoms with Gasteiger partial charge in [0.25, 0.3) is 24.7 Å². The minimum atomic E-state index is -2.72. The summed E-state index contributed by atoms with van der Waals surface area (Å²) in [6, 6.07) is 8.80. The minimum Gasteiger partial charge on any atom is -0.495 e. The highest BCUT2D eigenvalue weighted by Crippen LogP contribution is 2.45. The molecule has 0 fully saturated rings. The molecule has 3 N–H and O–H groups in total.